The average Bonchev–Trinajstić information content (AvgIpc) is 2.32. The van der Waals surface area contributed by atoms with Gasteiger partial charge in [-0.15, -0.1) is 0 Å². The molecule has 7 heteroatoms. The van der Waals surface area contributed by atoms with E-state index in [1.165, 1.54) is 18.3 Å². The number of aromatic amines is 1. The number of hydrogen-bond donors (Lipinski definition) is 1. The molecular formula is C12H11BrFN3OS. The lowest BCUT2D eigenvalue weighted by Gasteiger charge is -2.04. The van der Waals surface area contributed by atoms with Crippen molar-refractivity contribution in [3.8, 4) is 0 Å². The fraction of sp³-hybridized carbons (Fsp3) is 0.250. The highest BCUT2D eigenvalue weighted by Crippen LogP contribution is 2.26. The smallest absolute Gasteiger partial charge is 0.251 e. The number of nitrogens with zero attached hydrogens (tertiary/aromatic N) is 2. The van der Waals surface area contributed by atoms with Gasteiger partial charge in [0.15, 0.2) is 11.0 Å². The van der Waals surface area contributed by atoms with Crippen molar-refractivity contribution < 1.29 is 4.39 Å². The van der Waals surface area contributed by atoms with Gasteiger partial charge in [-0.25, -0.2) is 14.4 Å². The summed E-state index contributed by atoms with van der Waals surface area (Å²) in [5.74, 6) is -0.456. The molecule has 0 atom stereocenters. The van der Waals surface area contributed by atoms with Gasteiger partial charge in [-0.2, -0.15) is 0 Å². The molecule has 2 aromatic heterocycles. The lowest BCUT2D eigenvalue weighted by molar-refractivity contribution is 0.586. The Kier molecular flexibility index (Phi) is 4.71. The molecule has 0 amide bonds. The molecule has 0 fully saturated rings. The van der Waals surface area contributed by atoms with E-state index in [1.54, 1.807) is 0 Å². The first-order valence-electron chi connectivity index (χ1n) is 5.67. The van der Waals surface area contributed by atoms with Crippen molar-refractivity contribution in [2.45, 2.75) is 29.9 Å². The third-order valence-electron chi connectivity index (χ3n) is 2.25. The van der Waals surface area contributed by atoms with Crippen molar-refractivity contribution in [3.63, 3.8) is 0 Å². The molecule has 0 unspecified atom stereocenters. The fourth-order valence-corrected chi connectivity index (χ4v) is 2.55. The molecule has 4 nitrogen and oxygen atoms in total. The van der Waals surface area contributed by atoms with Crippen molar-refractivity contribution in [1.82, 2.24) is 15.0 Å². The van der Waals surface area contributed by atoms with Crippen LogP contribution in [0, 0.1) is 5.82 Å². The second-order valence-electron chi connectivity index (χ2n) is 3.83. The Morgan fingerprint density at radius 1 is 1.47 bits per heavy atom. The van der Waals surface area contributed by atoms with Crippen LogP contribution in [0.3, 0.4) is 0 Å². The highest BCUT2D eigenvalue weighted by molar-refractivity contribution is 9.10. The molecule has 0 bridgehead atoms. The van der Waals surface area contributed by atoms with Gasteiger partial charge in [-0.1, -0.05) is 13.3 Å². The van der Waals surface area contributed by atoms with Crippen molar-refractivity contribution >= 4 is 27.7 Å². The topological polar surface area (TPSA) is 58.6 Å². The fourth-order valence-electron chi connectivity index (χ4n) is 1.48. The summed E-state index contributed by atoms with van der Waals surface area (Å²) in [6.07, 6.45) is 3.11. The Morgan fingerprint density at radius 2 is 2.26 bits per heavy atom. The van der Waals surface area contributed by atoms with E-state index in [-0.39, 0.29) is 10.6 Å². The first-order valence-corrected chi connectivity index (χ1v) is 7.28. The number of H-pyrrole nitrogens is 1. The van der Waals surface area contributed by atoms with Gasteiger partial charge in [0, 0.05) is 22.4 Å². The van der Waals surface area contributed by atoms with E-state index < -0.39 is 5.82 Å². The van der Waals surface area contributed by atoms with E-state index in [0.29, 0.717) is 21.7 Å². The van der Waals surface area contributed by atoms with E-state index in [0.717, 1.165) is 18.2 Å². The van der Waals surface area contributed by atoms with Gasteiger partial charge in [0.1, 0.15) is 5.03 Å². The molecule has 2 heterocycles. The van der Waals surface area contributed by atoms with Crippen LogP contribution in [0.2, 0.25) is 0 Å². The Bertz CT molecular complexity index is 647. The molecule has 0 aliphatic rings. The second kappa shape index (κ2) is 6.29. The highest BCUT2D eigenvalue weighted by atomic mass is 79.9. The molecule has 0 aliphatic carbocycles. The summed E-state index contributed by atoms with van der Waals surface area (Å²) < 4.78 is 14.2. The maximum absolute atomic E-state index is 13.7. The SMILES string of the molecule is CCCc1cc(=O)[nH]c(Sc2ncc(Br)cc2F)n1. The summed E-state index contributed by atoms with van der Waals surface area (Å²) >= 11 is 4.14. The molecular weight excluding hydrogens is 333 g/mol. The maximum Gasteiger partial charge on any atom is 0.251 e. The summed E-state index contributed by atoms with van der Waals surface area (Å²) in [6.45, 7) is 2.01. The lowest BCUT2D eigenvalue weighted by Crippen LogP contribution is -2.10. The molecule has 0 radical (unpaired) electrons. The molecule has 1 N–H and O–H groups in total. The predicted molar refractivity (Wildman–Crippen MR) is 74.9 cm³/mol. The summed E-state index contributed by atoms with van der Waals surface area (Å²) in [4.78, 5) is 22.3. The largest absolute Gasteiger partial charge is 0.301 e. The van der Waals surface area contributed by atoms with Crippen molar-refractivity contribution in [2.24, 2.45) is 0 Å². The predicted octanol–water partition coefficient (Wildman–Crippen LogP) is 3.17. The Labute approximate surface area is 122 Å². The second-order valence-corrected chi connectivity index (χ2v) is 5.73. The number of aromatic nitrogens is 3. The van der Waals surface area contributed by atoms with E-state index in [1.807, 2.05) is 6.92 Å². The molecule has 0 saturated carbocycles. The van der Waals surface area contributed by atoms with Gasteiger partial charge in [-0.3, -0.25) is 4.79 Å². The van der Waals surface area contributed by atoms with E-state index in [4.69, 9.17) is 0 Å². The zero-order valence-corrected chi connectivity index (χ0v) is 12.5. The normalized spacial score (nSPS) is 10.7. The quantitative estimate of drug-likeness (QED) is 0.866. The van der Waals surface area contributed by atoms with Crippen LogP contribution in [0.15, 0.2) is 37.8 Å². The number of hydrogen-bond acceptors (Lipinski definition) is 4. The Hall–Kier alpha value is -1.21. The van der Waals surface area contributed by atoms with Crippen LogP contribution in [-0.4, -0.2) is 15.0 Å². The standard InChI is InChI=1S/C12H11BrFN3OS/c1-2-3-8-5-10(18)17-12(16-8)19-11-9(14)4-7(13)6-15-11/h4-6H,2-3H2,1H3,(H,16,17,18). The summed E-state index contributed by atoms with van der Waals surface area (Å²) in [5.41, 5.74) is 0.463. The van der Waals surface area contributed by atoms with Crippen LogP contribution in [0.1, 0.15) is 19.0 Å². The Morgan fingerprint density at radius 3 is 2.95 bits per heavy atom. The molecule has 0 spiro atoms. The molecule has 19 heavy (non-hydrogen) atoms. The van der Waals surface area contributed by atoms with E-state index in [9.17, 15) is 9.18 Å². The van der Waals surface area contributed by atoms with Gasteiger partial charge in [-0.05, 0) is 40.2 Å². The third-order valence-corrected chi connectivity index (χ3v) is 3.56. The molecule has 0 saturated heterocycles. The highest BCUT2D eigenvalue weighted by Gasteiger charge is 2.09. The van der Waals surface area contributed by atoms with Crippen molar-refractivity contribution in [3.05, 3.63) is 44.7 Å². The summed E-state index contributed by atoms with van der Waals surface area (Å²) in [7, 11) is 0. The minimum Gasteiger partial charge on any atom is -0.301 e. The van der Waals surface area contributed by atoms with Crippen LogP contribution >= 0.6 is 27.7 Å². The molecule has 0 aliphatic heterocycles. The lowest BCUT2D eigenvalue weighted by atomic mass is 10.2. The van der Waals surface area contributed by atoms with Gasteiger partial charge in [0.05, 0.1) is 0 Å². The third kappa shape index (κ3) is 3.87. The molecule has 2 aromatic rings. The number of rotatable bonds is 4. The van der Waals surface area contributed by atoms with Gasteiger partial charge < -0.3 is 4.98 Å². The minimum absolute atomic E-state index is 0.181. The molecule has 100 valence electrons. The summed E-state index contributed by atoms with van der Waals surface area (Å²) in [5, 5.41) is 0.532. The van der Waals surface area contributed by atoms with Crippen LogP contribution < -0.4 is 5.56 Å². The van der Waals surface area contributed by atoms with Gasteiger partial charge in [0.2, 0.25) is 0 Å². The van der Waals surface area contributed by atoms with Crippen LogP contribution in [0.4, 0.5) is 4.39 Å². The van der Waals surface area contributed by atoms with Crippen molar-refractivity contribution in [1.29, 1.82) is 0 Å². The van der Waals surface area contributed by atoms with E-state index >= 15 is 0 Å². The minimum atomic E-state index is -0.456. The number of aryl methyl sites for hydroxylation is 1. The number of pyridine rings is 1. The Balaban J connectivity index is 2.30. The monoisotopic (exact) mass is 343 g/mol. The molecule has 2 rings (SSSR count). The van der Waals surface area contributed by atoms with Gasteiger partial charge in [0.25, 0.3) is 5.56 Å². The number of nitrogens with one attached hydrogen (secondary N) is 1. The number of halogens is 2. The van der Waals surface area contributed by atoms with Crippen LogP contribution in [0.5, 0.6) is 0 Å². The summed E-state index contributed by atoms with van der Waals surface area (Å²) in [6, 6.07) is 2.78. The molecule has 0 aromatic carbocycles. The van der Waals surface area contributed by atoms with Gasteiger partial charge >= 0.3 is 0 Å². The maximum atomic E-state index is 13.7. The van der Waals surface area contributed by atoms with E-state index in [2.05, 4.69) is 30.9 Å². The van der Waals surface area contributed by atoms with Crippen LogP contribution in [-0.2, 0) is 6.42 Å². The first-order chi connectivity index (χ1) is 9.08. The van der Waals surface area contributed by atoms with Crippen LogP contribution in [0.25, 0.3) is 0 Å². The zero-order chi connectivity index (χ0) is 13.8. The zero-order valence-electron chi connectivity index (χ0n) is 10.1. The average molecular weight is 344 g/mol. The first kappa shape index (κ1) is 14.2. The van der Waals surface area contributed by atoms with Crippen molar-refractivity contribution in [2.75, 3.05) is 0 Å².